The van der Waals surface area contributed by atoms with Gasteiger partial charge in [-0.05, 0) is 18.6 Å². The fraction of sp³-hybridized carbons (Fsp3) is 0.111. The number of hydrogen-bond acceptors (Lipinski definition) is 3. The molecular formula is C9H9N3O. The average Bonchev–Trinajstić information content (AvgIpc) is 2.53. The summed E-state index contributed by atoms with van der Waals surface area (Å²) in [5, 5.41) is 9.02. The molecule has 2 heterocycles. The smallest absolute Gasteiger partial charge is 0.208 e. The molecule has 0 aromatic carbocycles. The molecule has 0 amide bonds. The van der Waals surface area contributed by atoms with Gasteiger partial charge in [-0.1, -0.05) is 6.07 Å². The standard InChI is InChI=1S/C9H9N3O/c1-6-2-3-7(10-4-6)9-11-5-8(13)12-9/h2-5,13H,1H3,(H,11,12). The van der Waals surface area contributed by atoms with Crippen molar-refractivity contribution in [1.29, 1.82) is 0 Å². The highest BCUT2D eigenvalue weighted by atomic mass is 16.3. The Morgan fingerprint density at radius 3 is 2.62 bits per heavy atom. The number of aromatic nitrogens is 3. The van der Waals surface area contributed by atoms with Crippen molar-refractivity contribution in [3.63, 3.8) is 0 Å². The highest BCUT2D eigenvalue weighted by Gasteiger charge is 2.02. The van der Waals surface area contributed by atoms with Gasteiger partial charge in [-0.15, -0.1) is 0 Å². The van der Waals surface area contributed by atoms with Crippen LogP contribution in [0.5, 0.6) is 5.88 Å². The molecule has 2 aromatic rings. The largest absolute Gasteiger partial charge is 0.493 e. The van der Waals surface area contributed by atoms with Gasteiger partial charge in [0.2, 0.25) is 5.88 Å². The predicted molar refractivity (Wildman–Crippen MR) is 48.2 cm³/mol. The Kier molecular flexibility index (Phi) is 1.73. The van der Waals surface area contributed by atoms with Gasteiger partial charge in [0.05, 0.1) is 6.20 Å². The number of nitrogens with zero attached hydrogens (tertiary/aromatic N) is 2. The molecule has 0 spiro atoms. The average molecular weight is 175 g/mol. The predicted octanol–water partition coefficient (Wildman–Crippen LogP) is 1.49. The fourth-order valence-corrected chi connectivity index (χ4v) is 1.05. The third-order valence-corrected chi connectivity index (χ3v) is 1.72. The van der Waals surface area contributed by atoms with Gasteiger partial charge in [0, 0.05) is 6.20 Å². The van der Waals surface area contributed by atoms with E-state index in [4.69, 9.17) is 5.11 Å². The summed E-state index contributed by atoms with van der Waals surface area (Å²) >= 11 is 0. The van der Waals surface area contributed by atoms with E-state index in [9.17, 15) is 0 Å². The lowest BCUT2D eigenvalue weighted by Crippen LogP contribution is -1.85. The molecule has 0 bridgehead atoms. The maximum absolute atomic E-state index is 9.02. The lowest BCUT2D eigenvalue weighted by Gasteiger charge is -1.95. The van der Waals surface area contributed by atoms with Crippen LogP contribution in [0.25, 0.3) is 11.5 Å². The molecule has 4 nitrogen and oxygen atoms in total. The van der Waals surface area contributed by atoms with Crippen LogP contribution < -0.4 is 0 Å². The van der Waals surface area contributed by atoms with E-state index >= 15 is 0 Å². The van der Waals surface area contributed by atoms with E-state index in [0.29, 0.717) is 5.82 Å². The molecule has 13 heavy (non-hydrogen) atoms. The first-order chi connectivity index (χ1) is 6.25. The number of rotatable bonds is 1. The topological polar surface area (TPSA) is 61.8 Å². The summed E-state index contributed by atoms with van der Waals surface area (Å²) in [5.41, 5.74) is 1.82. The van der Waals surface area contributed by atoms with Crippen LogP contribution in [0.2, 0.25) is 0 Å². The second-order valence-electron chi connectivity index (χ2n) is 2.84. The Hall–Kier alpha value is -1.84. The van der Waals surface area contributed by atoms with E-state index < -0.39 is 0 Å². The molecule has 2 aromatic heterocycles. The number of aromatic hydroxyl groups is 1. The minimum absolute atomic E-state index is 0.0531. The zero-order valence-electron chi connectivity index (χ0n) is 7.15. The normalized spacial score (nSPS) is 10.2. The van der Waals surface area contributed by atoms with E-state index in [0.717, 1.165) is 11.3 Å². The summed E-state index contributed by atoms with van der Waals surface area (Å²) in [6.07, 6.45) is 3.12. The lowest BCUT2D eigenvalue weighted by atomic mass is 10.3. The van der Waals surface area contributed by atoms with Crippen molar-refractivity contribution >= 4 is 0 Å². The minimum Gasteiger partial charge on any atom is -0.493 e. The number of aromatic amines is 1. The van der Waals surface area contributed by atoms with Gasteiger partial charge in [0.25, 0.3) is 0 Å². The number of nitrogens with one attached hydrogen (secondary N) is 1. The van der Waals surface area contributed by atoms with Gasteiger partial charge in [0.1, 0.15) is 5.69 Å². The van der Waals surface area contributed by atoms with Crippen LogP contribution in [0.15, 0.2) is 24.5 Å². The Balaban J connectivity index is 2.41. The van der Waals surface area contributed by atoms with Crippen molar-refractivity contribution in [2.24, 2.45) is 0 Å². The molecule has 0 unspecified atom stereocenters. The highest BCUT2D eigenvalue weighted by molar-refractivity contribution is 5.49. The fourth-order valence-electron chi connectivity index (χ4n) is 1.05. The van der Waals surface area contributed by atoms with Gasteiger partial charge >= 0.3 is 0 Å². The van der Waals surface area contributed by atoms with Crippen molar-refractivity contribution in [1.82, 2.24) is 15.0 Å². The van der Waals surface area contributed by atoms with E-state index in [-0.39, 0.29) is 5.88 Å². The van der Waals surface area contributed by atoms with E-state index in [1.54, 1.807) is 6.20 Å². The van der Waals surface area contributed by atoms with Crippen LogP contribution in [0.1, 0.15) is 5.56 Å². The van der Waals surface area contributed by atoms with Crippen LogP contribution in [0.4, 0.5) is 0 Å². The Morgan fingerprint density at radius 2 is 2.08 bits per heavy atom. The number of aryl methyl sites for hydroxylation is 1. The number of H-pyrrole nitrogens is 1. The highest BCUT2D eigenvalue weighted by Crippen LogP contribution is 2.15. The Labute approximate surface area is 75.3 Å². The molecule has 0 aliphatic rings. The molecule has 0 saturated heterocycles. The lowest BCUT2D eigenvalue weighted by molar-refractivity contribution is 0.457. The zero-order valence-corrected chi connectivity index (χ0v) is 7.15. The summed E-state index contributed by atoms with van der Waals surface area (Å²) in [7, 11) is 0. The maximum Gasteiger partial charge on any atom is 0.208 e. The Bertz CT molecular complexity index is 405. The third kappa shape index (κ3) is 1.51. The van der Waals surface area contributed by atoms with Gasteiger partial charge in [-0.3, -0.25) is 4.98 Å². The molecule has 0 aliphatic carbocycles. The molecule has 0 radical (unpaired) electrons. The summed E-state index contributed by atoms with van der Waals surface area (Å²) in [6, 6.07) is 3.80. The number of pyridine rings is 1. The SMILES string of the molecule is Cc1ccc(-c2ncc(O)[nH]2)nc1. The molecule has 0 aliphatic heterocycles. The molecule has 66 valence electrons. The third-order valence-electron chi connectivity index (χ3n) is 1.72. The minimum atomic E-state index is 0.0531. The molecule has 2 N–H and O–H groups in total. The molecular weight excluding hydrogens is 166 g/mol. The molecule has 0 fully saturated rings. The van der Waals surface area contributed by atoms with Crippen molar-refractivity contribution < 1.29 is 5.11 Å². The quantitative estimate of drug-likeness (QED) is 0.690. The first kappa shape index (κ1) is 7.79. The second-order valence-corrected chi connectivity index (χ2v) is 2.84. The van der Waals surface area contributed by atoms with Gasteiger partial charge in [-0.25, -0.2) is 4.98 Å². The van der Waals surface area contributed by atoms with Crippen LogP contribution in [-0.2, 0) is 0 Å². The van der Waals surface area contributed by atoms with Crippen LogP contribution >= 0.6 is 0 Å². The van der Waals surface area contributed by atoms with Crippen LogP contribution in [0, 0.1) is 6.92 Å². The summed E-state index contributed by atoms with van der Waals surface area (Å²) in [6.45, 7) is 1.97. The summed E-state index contributed by atoms with van der Waals surface area (Å²) in [5.74, 6) is 0.634. The summed E-state index contributed by atoms with van der Waals surface area (Å²) < 4.78 is 0. The van der Waals surface area contributed by atoms with E-state index in [1.165, 1.54) is 6.20 Å². The first-order valence-electron chi connectivity index (χ1n) is 3.93. The number of hydrogen-bond donors (Lipinski definition) is 2. The van der Waals surface area contributed by atoms with Crippen molar-refractivity contribution in [3.05, 3.63) is 30.1 Å². The molecule has 2 rings (SSSR count). The number of imidazole rings is 1. The van der Waals surface area contributed by atoms with Crippen molar-refractivity contribution in [2.45, 2.75) is 6.92 Å². The van der Waals surface area contributed by atoms with Gasteiger partial charge < -0.3 is 10.1 Å². The second kappa shape index (κ2) is 2.90. The van der Waals surface area contributed by atoms with Gasteiger partial charge in [-0.2, -0.15) is 0 Å². The van der Waals surface area contributed by atoms with E-state index in [2.05, 4.69) is 15.0 Å². The zero-order chi connectivity index (χ0) is 9.26. The van der Waals surface area contributed by atoms with Crippen molar-refractivity contribution in [3.8, 4) is 17.4 Å². The maximum atomic E-state index is 9.02. The monoisotopic (exact) mass is 175 g/mol. The summed E-state index contributed by atoms with van der Waals surface area (Å²) in [4.78, 5) is 10.8. The molecule has 0 saturated carbocycles. The van der Waals surface area contributed by atoms with Crippen molar-refractivity contribution in [2.75, 3.05) is 0 Å². The molecule has 4 heteroatoms. The van der Waals surface area contributed by atoms with Crippen LogP contribution in [0.3, 0.4) is 0 Å². The van der Waals surface area contributed by atoms with E-state index in [1.807, 2.05) is 19.1 Å². The Morgan fingerprint density at radius 1 is 1.23 bits per heavy atom. The van der Waals surface area contributed by atoms with Gasteiger partial charge in [0.15, 0.2) is 5.82 Å². The first-order valence-corrected chi connectivity index (χ1v) is 3.93. The van der Waals surface area contributed by atoms with Crippen LogP contribution in [-0.4, -0.2) is 20.1 Å². The molecule has 0 atom stereocenters.